The summed E-state index contributed by atoms with van der Waals surface area (Å²) in [5.41, 5.74) is 3.07. The number of methoxy groups -OCH3 is 4. The van der Waals surface area contributed by atoms with Gasteiger partial charge in [-0.2, -0.15) is 4.57 Å². The van der Waals surface area contributed by atoms with Crippen LogP contribution >= 0.6 is 21.6 Å². The van der Waals surface area contributed by atoms with Crippen LogP contribution in [-0.4, -0.2) is 164 Å². The lowest BCUT2D eigenvalue weighted by molar-refractivity contribution is -0.686. The molecule has 0 unspecified atom stereocenters. The number of aromatic hydroxyl groups is 2. The number of pyridine rings is 1. The van der Waals surface area contributed by atoms with E-state index in [1.807, 2.05) is 6.07 Å². The van der Waals surface area contributed by atoms with Gasteiger partial charge in [0.25, 0.3) is 0 Å². The summed E-state index contributed by atoms with van der Waals surface area (Å²) in [7, 11) is 9.27. The normalized spacial score (nSPS) is 12.9. The van der Waals surface area contributed by atoms with Crippen LogP contribution in [0.5, 0.6) is 46.0 Å². The number of benzene rings is 4. The highest BCUT2D eigenvalue weighted by atomic mass is 33.1. The van der Waals surface area contributed by atoms with Crippen LogP contribution in [0.25, 0.3) is 34.2 Å². The summed E-state index contributed by atoms with van der Waals surface area (Å²) in [5.74, 6) is 2.67. The first-order valence-corrected chi connectivity index (χ1v) is 30.6. The number of phenolic OH excluding ortho intramolecular Hbond substituents is 2. The molecule has 0 fully saturated rings. The fraction of sp³-hybridized carbons (Fsp3) is 0.413. The van der Waals surface area contributed by atoms with Crippen LogP contribution in [0.15, 0.2) is 85.1 Å². The number of phenols is 2. The monoisotopic (exact) mass is 1260 g/mol. The van der Waals surface area contributed by atoms with Crippen LogP contribution < -0.4 is 54.3 Å². The highest BCUT2D eigenvalue weighted by Gasteiger charge is 2.34. The number of carbonyl (C=O) groups is 6. The summed E-state index contributed by atoms with van der Waals surface area (Å²) in [6.07, 6.45) is 5.96. The largest absolute Gasteiger partial charge is 0.504 e. The van der Waals surface area contributed by atoms with Crippen molar-refractivity contribution in [2.24, 2.45) is 10.8 Å². The molecule has 0 radical (unpaired) electrons. The second-order valence-corrected chi connectivity index (χ2v) is 24.1. The van der Waals surface area contributed by atoms with Gasteiger partial charge in [0.1, 0.15) is 12.2 Å². The number of hydrogen-bond donors (Lipinski definition) is 10. The van der Waals surface area contributed by atoms with Crippen LogP contribution in [0.2, 0.25) is 0 Å². The van der Waals surface area contributed by atoms with E-state index < -0.39 is 34.9 Å². The molecule has 0 saturated carbocycles. The molecule has 25 heteroatoms. The molecule has 0 spiro atoms. The Kier molecular flexibility index (Phi) is 27.7. The predicted molar refractivity (Wildman–Crippen MR) is 334 cm³/mol. The van der Waals surface area contributed by atoms with Gasteiger partial charge in [-0.05, 0) is 82.8 Å². The Morgan fingerprint density at radius 1 is 0.625 bits per heavy atom. The summed E-state index contributed by atoms with van der Waals surface area (Å²) < 4.78 is 34.4. The van der Waals surface area contributed by atoms with E-state index in [1.165, 1.54) is 76.9 Å². The zero-order chi connectivity index (χ0) is 64.6. The minimum Gasteiger partial charge on any atom is -0.504 e. The molecule has 2 atom stereocenters. The Morgan fingerprint density at radius 3 is 1.58 bits per heavy atom. The van der Waals surface area contributed by atoms with E-state index >= 15 is 0 Å². The van der Waals surface area contributed by atoms with Crippen LogP contribution in [0, 0.1) is 10.8 Å². The van der Waals surface area contributed by atoms with Crippen molar-refractivity contribution < 1.29 is 92.4 Å². The van der Waals surface area contributed by atoms with Gasteiger partial charge in [-0.15, -0.1) is 0 Å². The molecule has 4 aromatic carbocycles. The molecule has 476 valence electrons. The van der Waals surface area contributed by atoms with Crippen molar-refractivity contribution >= 4 is 79.7 Å². The molecular weight excluding hydrogens is 1180 g/mol. The molecular formula is C63H80N5O18S2+. The van der Waals surface area contributed by atoms with Gasteiger partial charge in [0.15, 0.2) is 70.3 Å². The van der Waals surface area contributed by atoms with Gasteiger partial charge in [0.05, 0.1) is 59.0 Å². The van der Waals surface area contributed by atoms with E-state index in [2.05, 4.69) is 56.3 Å². The molecule has 88 heavy (non-hydrogen) atoms. The molecule has 7 rings (SSSR count). The van der Waals surface area contributed by atoms with Gasteiger partial charge in [0, 0.05) is 73.8 Å². The van der Waals surface area contributed by atoms with Gasteiger partial charge in [0.2, 0.25) is 36.1 Å². The van der Waals surface area contributed by atoms with E-state index in [9.17, 15) is 59.4 Å². The number of carbonyl (C=O) groups excluding carboxylic acids is 6. The second kappa shape index (κ2) is 34.5. The maximum absolute atomic E-state index is 11.9. The first-order valence-electron chi connectivity index (χ1n) is 28.1. The van der Waals surface area contributed by atoms with Crippen molar-refractivity contribution in [3.05, 3.63) is 102 Å². The van der Waals surface area contributed by atoms with Gasteiger partial charge < -0.3 is 80.3 Å². The lowest BCUT2D eigenvalue weighted by Gasteiger charge is -2.27. The highest BCUT2D eigenvalue weighted by molar-refractivity contribution is 8.76. The van der Waals surface area contributed by atoms with E-state index in [1.54, 1.807) is 78.3 Å². The number of aryl methyl sites for hydroxylation is 2. The Labute approximate surface area is 519 Å². The van der Waals surface area contributed by atoms with Gasteiger partial charge >= 0.3 is 0 Å². The first-order chi connectivity index (χ1) is 42.0. The Bertz CT molecular complexity index is 3170. The van der Waals surface area contributed by atoms with Crippen molar-refractivity contribution in [2.45, 2.75) is 72.1 Å². The van der Waals surface area contributed by atoms with Gasteiger partial charge in [-0.3, -0.25) is 28.8 Å². The van der Waals surface area contributed by atoms with Gasteiger partial charge in [-0.1, -0.05) is 73.6 Å². The summed E-state index contributed by atoms with van der Waals surface area (Å²) in [5, 5.41) is 69.8. The number of fused-ring (bicyclic) bond motifs is 5. The van der Waals surface area contributed by atoms with Crippen LogP contribution in [-0.2, 0) is 41.7 Å². The molecule has 4 amide bonds. The smallest absolute Gasteiger partial charge is 0.249 e. The summed E-state index contributed by atoms with van der Waals surface area (Å²) in [4.78, 5) is 71.1. The number of nitrogens with zero attached hydrogens (tertiary/aromatic N) is 1. The molecule has 2 aliphatic heterocycles. The van der Waals surface area contributed by atoms with E-state index in [-0.39, 0.29) is 80.4 Å². The number of hydrogen-bond acceptors (Lipinski definition) is 20. The molecule has 0 saturated heterocycles. The SMILES string of the molecule is CC(C)(CO)[C@@H](O)C(=O)NCCC(=O)NCCSSCCNC(=O)CCNC(=O)[C@H](O)C(C)(C)CO.COc1cc(/C=C/C(=O)CC(=O)/C=C/c2ccc(O)c(OC)c2)ccc1O.COc1ccc2cc3[n+](cc2c1OC)CCc1cc2c(cc1-3)OCO2. The minimum absolute atomic E-state index is 0.00662. The number of nitrogens with one attached hydrogen (secondary N) is 4. The first kappa shape index (κ1) is 70.7. The molecule has 1 aromatic heterocycles. The number of ketones is 2. The third-order valence-electron chi connectivity index (χ3n) is 13.9. The number of aliphatic hydroxyl groups is 4. The van der Waals surface area contributed by atoms with Crippen molar-refractivity contribution in [2.75, 3.05) is 86.1 Å². The predicted octanol–water partition coefficient (Wildman–Crippen LogP) is 4.84. The molecule has 10 N–H and O–H groups in total. The minimum atomic E-state index is -1.37. The van der Waals surface area contributed by atoms with E-state index in [4.69, 9.17) is 28.4 Å². The zero-order valence-electron chi connectivity index (χ0n) is 50.6. The third-order valence-corrected chi connectivity index (χ3v) is 16.3. The second-order valence-electron chi connectivity index (χ2n) is 21.4. The molecule has 23 nitrogen and oxygen atoms in total. The number of allylic oxidation sites excluding steroid dienone is 2. The van der Waals surface area contributed by atoms with Crippen molar-refractivity contribution in [3.8, 4) is 57.3 Å². The number of aromatic nitrogens is 1. The maximum atomic E-state index is 11.9. The van der Waals surface area contributed by atoms with Crippen molar-refractivity contribution in [1.82, 2.24) is 21.3 Å². The Balaban J connectivity index is 0.000000244. The topological polar surface area (TPSA) is 331 Å². The maximum Gasteiger partial charge on any atom is 0.249 e. The van der Waals surface area contributed by atoms with E-state index in [0.29, 0.717) is 54.0 Å². The van der Waals surface area contributed by atoms with Crippen molar-refractivity contribution in [3.63, 3.8) is 0 Å². The van der Waals surface area contributed by atoms with Crippen LogP contribution in [0.3, 0.4) is 0 Å². The standard InChI is InChI=1S/C22H42N4O8S2.C21H20O6.C20H18NO4/c1-21(2,13-27)17(31)19(33)25-7-5-15(29)23-9-11-35-36-12-10-24-16(30)6-8-26-20(34)18(32)22(3,4)14-28;1-26-20-11-14(5-9-18(20)24)3-7-16(22)13-17(23)8-4-15-6-10-19(25)21(12-15)27-2;1-22-17-4-3-12-7-16-14-9-19-18(24-11-25-19)8-13(14)5-6-21(16)10-15(12)20(17)23-2/h17-18,27-28,31-32H,5-14H2,1-4H3,(H,23,29)(H,24,30)(H,25,33)(H,26,34);3-12,24-25H,13H2,1-2H3;3-4,7-10H,5-6,11H2,1-2H3/q;;+1/b;7-3+,8-4+;/t17-,18-;;/m0../s1. The average Bonchev–Trinajstić information content (AvgIpc) is 1.63. The average molecular weight is 1260 g/mol. The molecule has 5 aromatic rings. The lowest BCUT2D eigenvalue weighted by atomic mass is 9.87. The van der Waals surface area contributed by atoms with Gasteiger partial charge in [-0.25, -0.2) is 0 Å². The number of rotatable bonds is 29. The fourth-order valence-corrected chi connectivity index (χ4v) is 10.3. The number of amides is 4. The number of aliphatic hydroxyl groups excluding tert-OH is 4. The Morgan fingerprint density at radius 2 is 1.11 bits per heavy atom. The fourth-order valence-electron chi connectivity index (χ4n) is 8.47. The van der Waals surface area contributed by atoms with Crippen LogP contribution in [0.4, 0.5) is 0 Å². The third kappa shape index (κ3) is 20.8. The quantitative estimate of drug-likeness (QED) is 0.0101. The highest BCUT2D eigenvalue weighted by Crippen LogP contribution is 2.42. The summed E-state index contributed by atoms with van der Waals surface area (Å²) in [6.45, 7) is 7.80. The molecule has 0 aliphatic carbocycles. The summed E-state index contributed by atoms with van der Waals surface area (Å²) in [6, 6.07) is 19.8. The zero-order valence-corrected chi connectivity index (χ0v) is 52.3. The number of ether oxygens (including phenoxy) is 6. The van der Waals surface area contributed by atoms with Crippen molar-refractivity contribution in [1.29, 1.82) is 0 Å². The molecule has 0 bridgehead atoms. The summed E-state index contributed by atoms with van der Waals surface area (Å²) >= 11 is 0. The van der Waals surface area contributed by atoms with Crippen LogP contribution in [0.1, 0.15) is 63.6 Å². The lowest BCUT2D eigenvalue weighted by Crippen LogP contribution is -2.46. The molecule has 2 aliphatic rings. The Hall–Kier alpha value is -8.07. The molecule has 3 heterocycles. The van der Waals surface area contributed by atoms with E-state index in [0.717, 1.165) is 46.7 Å².